The number of carbonyl (C=O) groups is 1. The van der Waals surface area contributed by atoms with Crippen LogP contribution in [0.1, 0.15) is 18.1 Å². The minimum Gasteiger partial charge on any atom is -0.479 e. The summed E-state index contributed by atoms with van der Waals surface area (Å²) in [6, 6.07) is 7.82. The number of aryl methyl sites for hydroxylation is 1. The van der Waals surface area contributed by atoms with Crippen LogP contribution in [0.4, 0.5) is 0 Å². The smallest absolute Gasteiger partial charge is 0.332 e. The summed E-state index contributed by atoms with van der Waals surface area (Å²) < 4.78 is 5.14. The van der Waals surface area contributed by atoms with Crippen molar-refractivity contribution in [1.82, 2.24) is 0 Å². The van der Waals surface area contributed by atoms with Gasteiger partial charge in [0.05, 0.1) is 6.61 Å². The molecule has 0 heterocycles. The first-order valence-corrected chi connectivity index (χ1v) is 4.49. The average molecular weight is 194 g/mol. The van der Waals surface area contributed by atoms with E-state index in [1.165, 1.54) is 6.92 Å². The highest BCUT2D eigenvalue weighted by molar-refractivity contribution is 5.71. The van der Waals surface area contributed by atoms with Crippen LogP contribution in [0.2, 0.25) is 0 Å². The highest BCUT2D eigenvalue weighted by atomic mass is 16.5. The van der Waals surface area contributed by atoms with Gasteiger partial charge in [-0.25, -0.2) is 4.79 Å². The molecule has 0 aliphatic carbocycles. The lowest BCUT2D eigenvalue weighted by Crippen LogP contribution is -2.19. The molecule has 0 unspecified atom stereocenters. The summed E-state index contributed by atoms with van der Waals surface area (Å²) in [5.74, 6) is -0.933. The predicted molar refractivity (Wildman–Crippen MR) is 53.1 cm³/mol. The molecular formula is C11H14O3. The summed E-state index contributed by atoms with van der Waals surface area (Å²) in [4.78, 5) is 10.5. The number of ether oxygens (including phenoxy) is 1. The molecule has 1 rings (SSSR count). The van der Waals surface area contributed by atoms with Gasteiger partial charge in [0.15, 0.2) is 6.10 Å². The van der Waals surface area contributed by atoms with Crippen LogP contribution in [0.5, 0.6) is 0 Å². The Morgan fingerprint density at radius 2 is 2.29 bits per heavy atom. The molecule has 3 nitrogen and oxygen atoms in total. The Morgan fingerprint density at radius 1 is 1.57 bits per heavy atom. The number of carboxylic acids is 1. The first kappa shape index (κ1) is 10.7. The fourth-order valence-electron chi connectivity index (χ4n) is 1.09. The second-order valence-corrected chi connectivity index (χ2v) is 3.28. The second-order valence-electron chi connectivity index (χ2n) is 3.28. The zero-order chi connectivity index (χ0) is 10.6. The average Bonchev–Trinajstić information content (AvgIpc) is 2.14. The van der Waals surface area contributed by atoms with Gasteiger partial charge in [-0.3, -0.25) is 0 Å². The zero-order valence-electron chi connectivity index (χ0n) is 8.36. The molecule has 0 saturated carbocycles. The van der Waals surface area contributed by atoms with Crippen LogP contribution in [0.25, 0.3) is 0 Å². The third kappa shape index (κ3) is 3.18. The quantitative estimate of drug-likeness (QED) is 0.797. The molecule has 0 aliphatic rings. The third-order valence-electron chi connectivity index (χ3n) is 1.93. The van der Waals surface area contributed by atoms with Crippen LogP contribution in [0.15, 0.2) is 24.3 Å². The van der Waals surface area contributed by atoms with Crippen LogP contribution in [-0.4, -0.2) is 17.2 Å². The molecule has 14 heavy (non-hydrogen) atoms. The van der Waals surface area contributed by atoms with Crippen molar-refractivity contribution in [1.29, 1.82) is 0 Å². The fourth-order valence-corrected chi connectivity index (χ4v) is 1.09. The number of hydrogen-bond acceptors (Lipinski definition) is 2. The highest BCUT2D eigenvalue weighted by Crippen LogP contribution is 2.06. The van der Waals surface area contributed by atoms with E-state index in [2.05, 4.69) is 0 Å². The normalized spacial score (nSPS) is 12.4. The molecule has 76 valence electrons. The maximum Gasteiger partial charge on any atom is 0.332 e. The number of aliphatic carboxylic acids is 1. The summed E-state index contributed by atoms with van der Waals surface area (Å²) in [5.41, 5.74) is 2.15. The molecule has 0 amide bonds. The van der Waals surface area contributed by atoms with Crippen molar-refractivity contribution in [2.24, 2.45) is 0 Å². The molecule has 0 saturated heterocycles. The van der Waals surface area contributed by atoms with Gasteiger partial charge in [0.2, 0.25) is 0 Å². The van der Waals surface area contributed by atoms with Crippen molar-refractivity contribution < 1.29 is 14.6 Å². The van der Waals surface area contributed by atoms with E-state index in [4.69, 9.17) is 9.84 Å². The third-order valence-corrected chi connectivity index (χ3v) is 1.93. The Kier molecular flexibility index (Phi) is 3.65. The molecule has 3 heteroatoms. The largest absolute Gasteiger partial charge is 0.479 e. The van der Waals surface area contributed by atoms with Crippen LogP contribution in [0.3, 0.4) is 0 Å². The molecule has 0 aliphatic heterocycles. The summed E-state index contributed by atoms with van der Waals surface area (Å²) in [6.07, 6.45) is -0.754. The lowest BCUT2D eigenvalue weighted by atomic mass is 10.1. The number of carboxylic acid groups (broad SMARTS) is 1. The van der Waals surface area contributed by atoms with Crippen LogP contribution < -0.4 is 0 Å². The highest BCUT2D eigenvalue weighted by Gasteiger charge is 2.10. The molecule has 0 fully saturated rings. The number of hydrogen-bond donors (Lipinski definition) is 1. The maximum atomic E-state index is 10.5. The van der Waals surface area contributed by atoms with Gasteiger partial charge < -0.3 is 9.84 Å². The molecule has 0 aromatic heterocycles. The summed E-state index contributed by atoms with van der Waals surface area (Å²) in [6.45, 7) is 3.86. The lowest BCUT2D eigenvalue weighted by Gasteiger charge is -2.08. The van der Waals surface area contributed by atoms with Crippen molar-refractivity contribution in [3.8, 4) is 0 Å². The Hall–Kier alpha value is -1.35. The summed E-state index contributed by atoms with van der Waals surface area (Å²) >= 11 is 0. The molecule has 1 atom stereocenters. The van der Waals surface area contributed by atoms with E-state index < -0.39 is 12.1 Å². The van der Waals surface area contributed by atoms with Gasteiger partial charge >= 0.3 is 5.97 Å². The van der Waals surface area contributed by atoms with Crippen LogP contribution in [-0.2, 0) is 16.1 Å². The topological polar surface area (TPSA) is 46.5 Å². The Labute approximate surface area is 83.3 Å². The lowest BCUT2D eigenvalue weighted by molar-refractivity contribution is -0.149. The zero-order valence-corrected chi connectivity index (χ0v) is 8.36. The molecule has 0 spiro atoms. The molecule has 0 radical (unpaired) electrons. The van der Waals surface area contributed by atoms with Gasteiger partial charge in [-0.15, -0.1) is 0 Å². The van der Waals surface area contributed by atoms with E-state index in [9.17, 15) is 4.79 Å². The van der Waals surface area contributed by atoms with E-state index in [0.717, 1.165) is 11.1 Å². The Balaban J connectivity index is 2.49. The summed E-state index contributed by atoms with van der Waals surface area (Å²) in [7, 11) is 0. The maximum absolute atomic E-state index is 10.5. The van der Waals surface area contributed by atoms with Crippen molar-refractivity contribution in [3.05, 3.63) is 35.4 Å². The van der Waals surface area contributed by atoms with E-state index in [1.807, 2.05) is 31.2 Å². The number of rotatable bonds is 4. The summed E-state index contributed by atoms with van der Waals surface area (Å²) in [5, 5.41) is 8.59. The van der Waals surface area contributed by atoms with Crippen LogP contribution in [0, 0.1) is 6.92 Å². The molecule has 0 bridgehead atoms. The van der Waals surface area contributed by atoms with Crippen LogP contribution >= 0.6 is 0 Å². The number of benzene rings is 1. The first-order chi connectivity index (χ1) is 6.59. The predicted octanol–water partition coefficient (Wildman–Crippen LogP) is 1.98. The Morgan fingerprint density at radius 3 is 2.86 bits per heavy atom. The van der Waals surface area contributed by atoms with Crippen molar-refractivity contribution in [2.75, 3.05) is 0 Å². The molecule has 1 aromatic carbocycles. The molecule has 1 aromatic rings. The first-order valence-electron chi connectivity index (χ1n) is 4.49. The fraction of sp³-hybridized carbons (Fsp3) is 0.364. The van der Waals surface area contributed by atoms with Gasteiger partial charge in [-0.1, -0.05) is 29.8 Å². The van der Waals surface area contributed by atoms with Gasteiger partial charge in [0.25, 0.3) is 0 Å². The molecule has 1 N–H and O–H groups in total. The van der Waals surface area contributed by atoms with Gasteiger partial charge in [-0.2, -0.15) is 0 Å². The standard InChI is InChI=1S/C11H14O3/c1-8-4-3-5-10(6-8)7-14-9(2)11(12)13/h3-6,9H,7H2,1-2H3,(H,12,13)/t9-/m0/s1. The monoisotopic (exact) mass is 194 g/mol. The minimum atomic E-state index is -0.933. The van der Waals surface area contributed by atoms with Gasteiger partial charge in [-0.05, 0) is 19.4 Å². The van der Waals surface area contributed by atoms with E-state index in [-0.39, 0.29) is 0 Å². The van der Waals surface area contributed by atoms with Crippen molar-refractivity contribution in [2.45, 2.75) is 26.6 Å². The molecular weight excluding hydrogens is 180 g/mol. The SMILES string of the molecule is Cc1cccc(CO[C@@H](C)C(=O)O)c1. The van der Waals surface area contributed by atoms with Gasteiger partial charge in [0.1, 0.15) is 0 Å². The van der Waals surface area contributed by atoms with Gasteiger partial charge in [0, 0.05) is 0 Å². The van der Waals surface area contributed by atoms with E-state index in [1.54, 1.807) is 0 Å². The second kappa shape index (κ2) is 4.77. The van der Waals surface area contributed by atoms with E-state index in [0.29, 0.717) is 6.61 Å². The van der Waals surface area contributed by atoms with Crippen molar-refractivity contribution >= 4 is 5.97 Å². The van der Waals surface area contributed by atoms with Crippen molar-refractivity contribution in [3.63, 3.8) is 0 Å². The van der Waals surface area contributed by atoms with E-state index >= 15 is 0 Å². The Bertz CT molecular complexity index is 320. The minimum absolute atomic E-state index is 0.342.